The van der Waals surface area contributed by atoms with Gasteiger partial charge in [0.1, 0.15) is 4.32 Å². The van der Waals surface area contributed by atoms with Crippen molar-refractivity contribution in [1.82, 2.24) is 5.32 Å². The van der Waals surface area contributed by atoms with Crippen molar-refractivity contribution in [3.8, 4) is 0 Å². The van der Waals surface area contributed by atoms with Gasteiger partial charge in [-0.25, -0.2) is 0 Å². The van der Waals surface area contributed by atoms with Gasteiger partial charge in [0.15, 0.2) is 0 Å². The third-order valence-corrected chi connectivity index (χ3v) is 4.19. The summed E-state index contributed by atoms with van der Waals surface area (Å²) in [6.07, 6.45) is 1.17. The molecule has 0 amide bonds. The van der Waals surface area contributed by atoms with Crippen molar-refractivity contribution in [2.24, 2.45) is 0 Å². The molecule has 0 bridgehead atoms. The molecule has 1 nitrogen and oxygen atoms in total. The SMILES string of the molecule is S=C1NC2c3ccccc3CC2S1. The molecule has 1 saturated heterocycles. The molecule has 0 saturated carbocycles. The fourth-order valence-electron chi connectivity index (χ4n) is 2.14. The van der Waals surface area contributed by atoms with Gasteiger partial charge >= 0.3 is 0 Å². The van der Waals surface area contributed by atoms with Gasteiger partial charge in [-0.05, 0) is 17.5 Å². The number of thioether (sulfide) groups is 1. The lowest BCUT2D eigenvalue weighted by molar-refractivity contribution is 0.683. The zero-order valence-electron chi connectivity index (χ0n) is 6.99. The van der Waals surface area contributed by atoms with E-state index in [4.69, 9.17) is 12.2 Å². The van der Waals surface area contributed by atoms with Crippen LogP contribution in [0.2, 0.25) is 0 Å². The van der Waals surface area contributed by atoms with Crippen LogP contribution in [-0.4, -0.2) is 9.57 Å². The molecule has 0 aromatic heterocycles. The second kappa shape index (κ2) is 2.72. The minimum absolute atomic E-state index is 0.480. The molecule has 66 valence electrons. The van der Waals surface area contributed by atoms with Crippen molar-refractivity contribution in [2.45, 2.75) is 17.7 Å². The molecule has 1 aromatic carbocycles. The van der Waals surface area contributed by atoms with Crippen LogP contribution in [0.1, 0.15) is 17.2 Å². The lowest BCUT2D eigenvalue weighted by Crippen LogP contribution is -2.18. The van der Waals surface area contributed by atoms with Gasteiger partial charge in [-0.3, -0.25) is 0 Å². The van der Waals surface area contributed by atoms with Crippen LogP contribution in [0, 0.1) is 0 Å². The number of nitrogens with one attached hydrogen (secondary N) is 1. The number of hydrogen-bond donors (Lipinski definition) is 1. The Kier molecular flexibility index (Phi) is 1.64. The average molecular weight is 207 g/mol. The quantitative estimate of drug-likeness (QED) is 0.655. The third kappa shape index (κ3) is 1.11. The maximum atomic E-state index is 5.15. The smallest absolute Gasteiger partial charge is 0.134 e. The van der Waals surface area contributed by atoms with E-state index in [2.05, 4.69) is 29.6 Å². The summed E-state index contributed by atoms with van der Waals surface area (Å²) in [6, 6.07) is 9.13. The standard InChI is InChI=1S/C10H9NS2/c12-10-11-9-7-4-2-1-3-6(7)5-8(9)13-10/h1-4,8-9H,5H2,(H,11,12). The van der Waals surface area contributed by atoms with E-state index in [0.29, 0.717) is 11.3 Å². The summed E-state index contributed by atoms with van der Waals surface area (Å²) in [5.74, 6) is 0. The Labute approximate surface area is 86.9 Å². The first-order valence-corrected chi connectivity index (χ1v) is 5.68. The molecule has 1 aromatic rings. The summed E-state index contributed by atoms with van der Waals surface area (Å²) in [4.78, 5) is 0. The van der Waals surface area contributed by atoms with Crippen molar-refractivity contribution in [2.75, 3.05) is 0 Å². The summed E-state index contributed by atoms with van der Waals surface area (Å²) >= 11 is 6.97. The van der Waals surface area contributed by atoms with E-state index in [-0.39, 0.29) is 0 Å². The maximum absolute atomic E-state index is 5.15. The molecule has 1 N–H and O–H groups in total. The topological polar surface area (TPSA) is 12.0 Å². The highest BCUT2D eigenvalue weighted by Crippen LogP contribution is 2.43. The molecule has 1 aliphatic heterocycles. The van der Waals surface area contributed by atoms with Crippen LogP contribution >= 0.6 is 24.0 Å². The summed E-state index contributed by atoms with van der Waals surface area (Å²) in [5, 5.41) is 4.01. The molecular weight excluding hydrogens is 198 g/mol. The normalized spacial score (nSPS) is 29.7. The second-order valence-electron chi connectivity index (χ2n) is 3.47. The second-order valence-corrected chi connectivity index (χ2v) is 5.38. The zero-order valence-corrected chi connectivity index (χ0v) is 8.62. The fraction of sp³-hybridized carbons (Fsp3) is 0.300. The molecule has 2 unspecified atom stereocenters. The minimum Gasteiger partial charge on any atom is -0.363 e. The zero-order chi connectivity index (χ0) is 8.84. The van der Waals surface area contributed by atoms with Gasteiger partial charge < -0.3 is 5.32 Å². The lowest BCUT2D eigenvalue weighted by Gasteiger charge is -2.08. The molecule has 3 heteroatoms. The van der Waals surface area contributed by atoms with Gasteiger partial charge in [-0.15, -0.1) is 0 Å². The number of hydrogen-bond acceptors (Lipinski definition) is 2. The average Bonchev–Trinajstić information content (AvgIpc) is 2.60. The first kappa shape index (κ1) is 7.83. The van der Waals surface area contributed by atoms with Crippen LogP contribution in [0.25, 0.3) is 0 Å². The van der Waals surface area contributed by atoms with E-state index < -0.39 is 0 Å². The largest absolute Gasteiger partial charge is 0.363 e. The lowest BCUT2D eigenvalue weighted by atomic mass is 10.1. The van der Waals surface area contributed by atoms with Crippen LogP contribution in [0.5, 0.6) is 0 Å². The molecule has 2 atom stereocenters. The van der Waals surface area contributed by atoms with Crippen molar-refractivity contribution in [1.29, 1.82) is 0 Å². The molecule has 13 heavy (non-hydrogen) atoms. The van der Waals surface area contributed by atoms with Gasteiger partial charge in [0.2, 0.25) is 0 Å². The van der Waals surface area contributed by atoms with Crippen LogP contribution in [-0.2, 0) is 6.42 Å². The summed E-state index contributed by atoms with van der Waals surface area (Å²) < 4.78 is 0.963. The van der Waals surface area contributed by atoms with E-state index in [1.807, 2.05) is 11.8 Å². The van der Waals surface area contributed by atoms with Crippen LogP contribution in [0.15, 0.2) is 24.3 Å². The van der Waals surface area contributed by atoms with Crippen molar-refractivity contribution in [3.05, 3.63) is 35.4 Å². The van der Waals surface area contributed by atoms with Gasteiger partial charge in [-0.1, -0.05) is 48.2 Å². The summed E-state index contributed by atoms with van der Waals surface area (Å²) in [7, 11) is 0. The third-order valence-electron chi connectivity index (χ3n) is 2.71. The monoisotopic (exact) mass is 207 g/mol. The Balaban J connectivity index is 2.06. The number of rotatable bonds is 0. The Hall–Kier alpha value is -0.540. The Morgan fingerprint density at radius 2 is 2.23 bits per heavy atom. The number of fused-ring (bicyclic) bond motifs is 3. The summed E-state index contributed by atoms with van der Waals surface area (Å²) in [5.41, 5.74) is 2.93. The van der Waals surface area contributed by atoms with E-state index in [1.165, 1.54) is 17.5 Å². The Morgan fingerprint density at radius 3 is 3.15 bits per heavy atom. The van der Waals surface area contributed by atoms with Gasteiger partial charge in [0, 0.05) is 5.25 Å². The molecule has 1 fully saturated rings. The van der Waals surface area contributed by atoms with Gasteiger partial charge in [0.25, 0.3) is 0 Å². The molecule has 0 radical (unpaired) electrons. The predicted molar refractivity (Wildman–Crippen MR) is 60.0 cm³/mol. The molecule has 3 rings (SSSR count). The highest BCUT2D eigenvalue weighted by atomic mass is 32.2. The Bertz CT molecular complexity index is 375. The maximum Gasteiger partial charge on any atom is 0.134 e. The minimum atomic E-state index is 0.480. The predicted octanol–water partition coefficient (Wildman–Crippen LogP) is 2.27. The van der Waals surface area contributed by atoms with Crippen molar-refractivity contribution in [3.63, 3.8) is 0 Å². The molecule has 2 aliphatic rings. The molecule has 0 spiro atoms. The van der Waals surface area contributed by atoms with Gasteiger partial charge in [-0.2, -0.15) is 0 Å². The fourth-order valence-corrected chi connectivity index (χ4v) is 3.72. The number of benzene rings is 1. The van der Waals surface area contributed by atoms with Gasteiger partial charge in [0.05, 0.1) is 6.04 Å². The number of thiocarbonyl (C=S) groups is 1. The first-order chi connectivity index (χ1) is 6.34. The van der Waals surface area contributed by atoms with Crippen LogP contribution < -0.4 is 5.32 Å². The van der Waals surface area contributed by atoms with E-state index in [0.717, 1.165) is 4.32 Å². The van der Waals surface area contributed by atoms with Crippen molar-refractivity contribution < 1.29 is 0 Å². The summed E-state index contributed by atoms with van der Waals surface area (Å²) in [6.45, 7) is 0. The highest BCUT2D eigenvalue weighted by molar-refractivity contribution is 8.23. The van der Waals surface area contributed by atoms with E-state index in [1.54, 1.807) is 0 Å². The van der Waals surface area contributed by atoms with Crippen molar-refractivity contribution >= 4 is 28.3 Å². The van der Waals surface area contributed by atoms with Crippen LogP contribution in [0.3, 0.4) is 0 Å². The highest BCUT2D eigenvalue weighted by Gasteiger charge is 2.38. The molecule has 1 heterocycles. The van der Waals surface area contributed by atoms with E-state index in [9.17, 15) is 0 Å². The molecule has 1 aliphatic carbocycles. The Morgan fingerprint density at radius 1 is 1.38 bits per heavy atom. The van der Waals surface area contributed by atoms with Crippen LogP contribution in [0.4, 0.5) is 0 Å². The van der Waals surface area contributed by atoms with E-state index >= 15 is 0 Å². The first-order valence-electron chi connectivity index (χ1n) is 4.39. The molecular formula is C10H9NS2.